The minimum atomic E-state index is -1.38. The fourth-order valence-corrected chi connectivity index (χ4v) is 7.22. The van der Waals surface area contributed by atoms with E-state index in [9.17, 15) is 19.2 Å². The topological polar surface area (TPSA) is 142 Å². The van der Waals surface area contributed by atoms with Crippen molar-refractivity contribution in [2.24, 2.45) is 0 Å². The smallest absolute Gasteiger partial charge is 0.328 e. The molecule has 0 fully saturated rings. The number of nitrogens with one attached hydrogen (secondary N) is 2. The zero-order chi connectivity index (χ0) is 42.6. The molecular weight excluding hydrogens is 729 g/mol. The number of ether oxygens (including phenoxy) is 1. The molecule has 0 aliphatic heterocycles. The van der Waals surface area contributed by atoms with Crippen LogP contribution in [0, 0.1) is 0 Å². The Hall–Kier alpha value is -2.68. The maximum Gasteiger partial charge on any atom is 0.328 e. The van der Waals surface area contributed by atoms with Gasteiger partial charge in [0.15, 0.2) is 0 Å². The van der Waals surface area contributed by atoms with Crippen LogP contribution in [0.15, 0.2) is 24.3 Å². The summed E-state index contributed by atoms with van der Waals surface area (Å²) < 4.78 is 6.05. The van der Waals surface area contributed by atoms with Crippen molar-refractivity contribution in [2.75, 3.05) is 13.2 Å². The lowest BCUT2D eigenvalue weighted by Crippen LogP contribution is -2.47. The number of allylic oxidation sites excluding steroid dienone is 4. The first-order valence-electron chi connectivity index (χ1n) is 24.2. The number of hydrogen-bond acceptors (Lipinski definition) is 6. The molecule has 0 aliphatic rings. The lowest BCUT2D eigenvalue weighted by molar-refractivity contribution is -0.150. The average molecular weight is 819 g/mol. The highest BCUT2D eigenvalue weighted by Gasteiger charge is 2.19. The number of carbonyl (C=O) groups is 4. The van der Waals surface area contributed by atoms with E-state index in [1.54, 1.807) is 0 Å². The van der Waals surface area contributed by atoms with Crippen molar-refractivity contribution in [3.05, 3.63) is 24.3 Å². The number of rotatable bonds is 44. The van der Waals surface area contributed by atoms with E-state index in [0.717, 1.165) is 64.2 Å². The second-order valence-electron chi connectivity index (χ2n) is 16.6. The Bertz CT molecular complexity index is 1030. The van der Waals surface area contributed by atoms with Gasteiger partial charge in [0.05, 0.1) is 13.2 Å². The van der Waals surface area contributed by atoms with Gasteiger partial charge in [0, 0.05) is 12.8 Å². The van der Waals surface area contributed by atoms with E-state index in [1.807, 2.05) is 0 Å². The number of carboxylic acids is 1. The third-order valence-electron chi connectivity index (χ3n) is 11.0. The van der Waals surface area contributed by atoms with E-state index in [-0.39, 0.29) is 24.5 Å². The normalized spacial score (nSPS) is 12.6. The molecular formula is C49H90N2O7. The fourth-order valence-electron chi connectivity index (χ4n) is 7.22. The molecule has 2 unspecified atom stereocenters. The van der Waals surface area contributed by atoms with E-state index < -0.39 is 24.5 Å². The summed E-state index contributed by atoms with van der Waals surface area (Å²) in [6.45, 7) is 3.49. The second kappa shape index (κ2) is 43.9. The van der Waals surface area contributed by atoms with Crippen molar-refractivity contribution >= 4 is 23.8 Å². The fraction of sp³-hybridized carbons (Fsp3) is 0.837. The first-order chi connectivity index (χ1) is 28.3. The molecule has 2 atom stereocenters. The molecule has 0 aromatic rings. The number of aliphatic hydroxyl groups excluding tert-OH is 1. The van der Waals surface area contributed by atoms with Crippen LogP contribution in [0.25, 0.3) is 0 Å². The molecule has 9 heteroatoms. The number of amides is 2. The van der Waals surface area contributed by atoms with Gasteiger partial charge in [0.25, 0.3) is 0 Å². The molecule has 0 spiro atoms. The van der Waals surface area contributed by atoms with Gasteiger partial charge in [0.1, 0.15) is 12.1 Å². The Morgan fingerprint density at radius 3 is 1.40 bits per heavy atom. The Labute approximate surface area is 355 Å². The summed E-state index contributed by atoms with van der Waals surface area (Å²) in [7, 11) is 0. The van der Waals surface area contributed by atoms with Gasteiger partial charge >= 0.3 is 11.9 Å². The van der Waals surface area contributed by atoms with Crippen molar-refractivity contribution in [1.82, 2.24) is 10.6 Å². The molecule has 0 aromatic carbocycles. The van der Waals surface area contributed by atoms with E-state index in [2.05, 4.69) is 48.8 Å². The molecule has 0 aromatic heterocycles. The number of carboxylic acid groups (broad SMARTS) is 1. The predicted molar refractivity (Wildman–Crippen MR) is 241 cm³/mol. The van der Waals surface area contributed by atoms with Crippen molar-refractivity contribution in [3.63, 3.8) is 0 Å². The monoisotopic (exact) mass is 819 g/mol. The van der Waals surface area contributed by atoms with Gasteiger partial charge in [-0.25, -0.2) is 4.79 Å². The minimum absolute atomic E-state index is 0.0141. The third kappa shape index (κ3) is 40.1. The quantitative estimate of drug-likeness (QED) is 0.0272. The predicted octanol–water partition coefficient (Wildman–Crippen LogP) is 12.4. The summed E-state index contributed by atoms with van der Waals surface area (Å²) in [6, 6.07) is -1.38. The summed E-state index contributed by atoms with van der Waals surface area (Å²) >= 11 is 0. The van der Waals surface area contributed by atoms with Crippen LogP contribution in [0.2, 0.25) is 0 Å². The van der Waals surface area contributed by atoms with E-state index in [4.69, 9.17) is 14.9 Å². The van der Waals surface area contributed by atoms with Crippen LogP contribution >= 0.6 is 0 Å². The standard InChI is InChI=1S/C49H90N2O7/c1-3-5-7-9-11-13-15-17-18-19-20-21-22-24-26-28-33-37-41-48(55)58-44(38-34-30-27-25-23-16-14-12-10-8-6-4-2)39-35-31-29-32-36-40-46(53)50-42-47(54)51-45(43-52)49(56)57/h13,15,18-19,44-45,52H,3-12,14,16-17,20-43H2,1-2H3,(H,50,53)(H,51,54)(H,56,57)/b15-13-,19-18-. The average Bonchev–Trinajstić information content (AvgIpc) is 3.21. The number of unbranched alkanes of at least 4 members (excludes halogenated alkanes) is 26. The minimum Gasteiger partial charge on any atom is -0.480 e. The number of aliphatic hydroxyl groups is 1. The molecule has 9 nitrogen and oxygen atoms in total. The number of aliphatic carboxylic acids is 1. The zero-order valence-corrected chi connectivity index (χ0v) is 37.6. The van der Waals surface area contributed by atoms with Crippen LogP contribution in [-0.4, -0.2) is 59.3 Å². The van der Waals surface area contributed by atoms with Gasteiger partial charge in [-0.1, -0.05) is 179 Å². The first kappa shape index (κ1) is 55.3. The zero-order valence-electron chi connectivity index (χ0n) is 37.6. The molecule has 58 heavy (non-hydrogen) atoms. The van der Waals surface area contributed by atoms with Gasteiger partial charge in [-0.05, 0) is 70.6 Å². The highest BCUT2D eigenvalue weighted by Crippen LogP contribution is 2.19. The van der Waals surface area contributed by atoms with Crippen LogP contribution in [-0.2, 0) is 23.9 Å². The van der Waals surface area contributed by atoms with Gasteiger partial charge in [-0.3, -0.25) is 14.4 Å². The summed E-state index contributed by atoms with van der Waals surface area (Å²) in [5.74, 6) is -2.28. The van der Waals surface area contributed by atoms with Gasteiger partial charge in [-0.2, -0.15) is 0 Å². The molecule has 0 radical (unpaired) electrons. The van der Waals surface area contributed by atoms with Crippen molar-refractivity contribution in [3.8, 4) is 0 Å². The summed E-state index contributed by atoms with van der Waals surface area (Å²) in [5.41, 5.74) is 0. The molecule has 0 saturated carbocycles. The highest BCUT2D eigenvalue weighted by atomic mass is 16.5. The molecule has 338 valence electrons. The first-order valence-corrected chi connectivity index (χ1v) is 24.2. The van der Waals surface area contributed by atoms with Gasteiger partial charge in [0.2, 0.25) is 11.8 Å². The van der Waals surface area contributed by atoms with Crippen LogP contribution in [0.4, 0.5) is 0 Å². The molecule has 0 saturated heterocycles. The molecule has 0 heterocycles. The second-order valence-corrected chi connectivity index (χ2v) is 16.6. The van der Waals surface area contributed by atoms with Crippen LogP contribution in [0.1, 0.15) is 239 Å². The molecule has 4 N–H and O–H groups in total. The highest BCUT2D eigenvalue weighted by molar-refractivity contribution is 5.87. The van der Waals surface area contributed by atoms with Gasteiger partial charge < -0.3 is 25.6 Å². The number of hydrogen-bond donors (Lipinski definition) is 4. The molecule has 0 rings (SSSR count). The summed E-state index contributed by atoms with van der Waals surface area (Å²) in [5, 5.41) is 22.6. The largest absolute Gasteiger partial charge is 0.480 e. The lowest BCUT2D eigenvalue weighted by Gasteiger charge is -2.18. The molecule has 2 amide bonds. The molecule has 0 aliphatic carbocycles. The number of carbonyl (C=O) groups excluding carboxylic acids is 3. The van der Waals surface area contributed by atoms with E-state index >= 15 is 0 Å². The van der Waals surface area contributed by atoms with E-state index in [1.165, 1.54) is 141 Å². The van der Waals surface area contributed by atoms with Crippen LogP contribution in [0.5, 0.6) is 0 Å². The summed E-state index contributed by atoms with van der Waals surface area (Å²) in [6.07, 6.45) is 49.2. The van der Waals surface area contributed by atoms with Crippen molar-refractivity contribution in [1.29, 1.82) is 0 Å². The third-order valence-corrected chi connectivity index (χ3v) is 11.0. The Morgan fingerprint density at radius 2 is 0.931 bits per heavy atom. The van der Waals surface area contributed by atoms with Gasteiger partial charge in [-0.15, -0.1) is 0 Å². The number of esters is 1. The van der Waals surface area contributed by atoms with Crippen LogP contribution < -0.4 is 10.6 Å². The SMILES string of the molecule is CCCCCC/C=C\C/C=C\CCCCCCCCCC(=O)OC(CCCCCCCCCCCCCC)CCCCCCCC(=O)NCC(=O)NC(CO)C(=O)O. The van der Waals surface area contributed by atoms with E-state index in [0.29, 0.717) is 19.3 Å². The van der Waals surface area contributed by atoms with Crippen molar-refractivity contribution in [2.45, 2.75) is 251 Å². The summed E-state index contributed by atoms with van der Waals surface area (Å²) in [4.78, 5) is 47.7. The van der Waals surface area contributed by atoms with Crippen LogP contribution in [0.3, 0.4) is 0 Å². The maximum absolute atomic E-state index is 12.8. The lowest BCUT2D eigenvalue weighted by atomic mass is 10.0. The maximum atomic E-state index is 12.8. The molecule has 0 bridgehead atoms. The van der Waals surface area contributed by atoms with Crippen molar-refractivity contribution < 1.29 is 34.1 Å². The Kier molecular flexibility index (Phi) is 41.9. The Morgan fingerprint density at radius 1 is 0.517 bits per heavy atom. The Balaban J connectivity index is 4.27.